The molecule has 14 heteroatoms. The van der Waals surface area contributed by atoms with Gasteiger partial charge in [0, 0.05) is 27.9 Å². The van der Waals surface area contributed by atoms with Crippen molar-refractivity contribution < 1.29 is 18.7 Å². The molecule has 0 saturated carbocycles. The summed E-state index contributed by atoms with van der Waals surface area (Å²) in [5.41, 5.74) is 4.18. The van der Waals surface area contributed by atoms with E-state index in [0.29, 0.717) is 38.8 Å². The van der Waals surface area contributed by atoms with Gasteiger partial charge in [-0.2, -0.15) is 9.78 Å². The SMILES string of the molecule is COC(=O)Nc1ccc(-c2cc([C@H](Cc3ccc(F)cc3)NC(=O)/C=C/c3cc(Cl)ccc3-n3cnnn3)nnc2Cl)cc1. The van der Waals surface area contributed by atoms with Crippen LogP contribution < -0.4 is 10.6 Å². The number of ether oxygens (including phenoxy) is 1. The third kappa shape index (κ3) is 7.60. The van der Waals surface area contributed by atoms with Crippen molar-refractivity contribution >= 4 is 47.0 Å². The number of rotatable bonds is 9. The number of aromatic nitrogens is 6. The van der Waals surface area contributed by atoms with Crippen LogP contribution in [-0.2, 0) is 16.0 Å². The Hall–Kier alpha value is -5.20. The average molecular weight is 633 g/mol. The van der Waals surface area contributed by atoms with Gasteiger partial charge in [0.2, 0.25) is 5.91 Å². The molecule has 44 heavy (non-hydrogen) atoms. The van der Waals surface area contributed by atoms with Gasteiger partial charge >= 0.3 is 6.09 Å². The van der Waals surface area contributed by atoms with Crippen LogP contribution in [0.4, 0.5) is 14.9 Å². The zero-order valence-electron chi connectivity index (χ0n) is 23.0. The fraction of sp³-hybridized carbons (Fsp3) is 0.100. The molecule has 0 spiro atoms. The Balaban J connectivity index is 1.43. The molecule has 2 amide bonds. The topological polar surface area (TPSA) is 137 Å². The summed E-state index contributed by atoms with van der Waals surface area (Å²) in [5.74, 6) is -0.813. The summed E-state index contributed by atoms with van der Waals surface area (Å²) < 4.78 is 19.7. The van der Waals surface area contributed by atoms with Crippen LogP contribution in [0.3, 0.4) is 0 Å². The van der Waals surface area contributed by atoms with E-state index in [1.165, 1.54) is 36.3 Å². The van der Waals surface area contributed by atoms with E-state index in [1.807, 2.05) is 0 Å². The molecule has 0 fully saturated rings. The molecule has 3 aromatic carbocycles. The van der Waals surface area contributed by atoms with Crippen LogP contribution in [0.1, 0.15) is 22.9 Å². The molecular weight excluding hydrogens is 610 g/mol. The van der Waals surface area contributed by atoms with Crippen molar-refractivity contribution in [3.8, 4) is 16.8 Å². The average Bonchev–Trinajstić information content (AvgIpc) is 3.56. The summed E-state index contributed by atoms with van der Waals surface area (Å²) in [4.78, 5) is 24.8. The highest BCUT2D eigenvalue weighted by Gasteiger charge is 2.19. The van der Waals surface area contributed by atoms with Crippen LogP contribution in [0, 0.1) is 5.82 Å². The van der Waals surface area contributed by atoms with Crippen LogP contribution in [0.2, 0.25) is 10.2 Å². The molecule has 0 aliphatic heterocycles. The van der Waals surface area contributed by atoms with E-state index in [0.717, 1.165) is 5.56 Å². The fourth-order valence-electron chi connectivity index (χ4n) is 4.28. The lowest BCUT2D eigenvalue weighted by Crippen LogP contribution is -2.29. The maximum absolute atomic E-state index is 13.6. The summed E-state index contributed by atoms with van der Waals surface area (Å²) in [7, 11) is 1.27. The van der Waals surface area contributed by atoms with E-state index in [1.54, 1.807) is 66.7 Å². The summed E-state index contributed by atoms with van der Waals surface area (Å²) in [5, 5.41) is 25.8. The summed E-state index contributed by atoms with van der Waals surface area (Å²) >= 11 is 12.6. The number of halogens is 3. The molecule has 11 nitrogen and oxygen atoms in total. The van der Waals surface area contributed by atoms with Gasteiger partial charge in [0.25, 0.3) is 0 Å². The number of benzene rings is 3. The Morgan fingerprint density at radius 2 is 1.80 bits per heavy atom. The third-order valence-electron chi connectivity index (χ3n) is 6.42. The normalized spacial score (nSPS) is 11.7. The third-order valence-corrected chi connectivity index (χ3v) is 6.94. The summed E-state index contributed by atoms with van der Waals surface area (Å²) in [6.07, 6.45) is 4.06. The number of nitrogens with zero attached hydrogens (tertiary/aromatic N) is 6. The molecule has 222 valence electrons. The molecule has 2 aromatic heterocycles. The Morgan fingerprint density at radius 3 is 2.50 bits per heavy atom. The Bertz CT molecular complexity index is 1800. The molecule has 0 aliphatic carbocycles. The smallest absolute Gasteiger partial charge is 0.411 e. The van der Waals surface area contributed by atoms with E-state index in [4.69, 9.17) is 23.2 Å². The van der Waals surface area contributed by atoms with Crippen molar-refractivity contribution in [3.63, 3.8) is 0 Å². The molecule has 0 saturated heterocycles. The predicted molar refractivity (Wildman–Crippen MR) is 163 cm³/mol. The van der Waals surface area contributed by atoms with Crippen molar-refractivity contribution in [2.75, 3.05) is 12.4 Å². The van der Waals surface area contributed by atoms with Gasteiger partial charge in [0.15, 0.2) is 5.15 Å². The van der Waals surface area contributed by atoms with E-state index in [9.17, 15) is 14.0 Å². The highest BCUT2D eigenvalue weighted by molar-refractivity contribution is 6.32. The first-order valence-electron chi connectivity index (χ1n) is 13.0. The zero-order valence-corrected chi connectivity index (χ0v) is 24.5. The quantitative estimate of drug-likeness (QED) is 0.193. The molecule has 5 rings (SSSR count). The lowest BCUT2D eigenvalue weighted by atomic mass is 10.00. The second kappa shape index (κ2) is 13.8. The minimum Gasteiger partial charge on any atom is -0.453 e. The molecular formula is C30H23Cl2FN8O3. The number of hydrogen-bond acceptors (Lipinski definition) is 8. The van der Waals surface area contributed by atoms with Gasteiger partial charge in [0.1, 0.15) is 12.1 Å². The number of tetrazole rings is 1. The highest BCUT2D eigenvalue weighted by atomic mass is 35.5. The van der Waals surface area contributed by atoms with Gasteiger partial charge in [-0.15, -0.1) is 10.2 Å². The van der Waals surface area contributed by atoms with Gasteiger partial charge in [-0.1, -0.05) is 47.5 Å². The number of amides is 2. The van der Waals surface area contributed by atoms with E-state index < -0.39 is 18.0 Å². The van der Waals surface area contributed by atoms with Gasteiger partial charge in [-0.05, 0) is 82.6 Å². The number of anilines is 1. The van der Waals surface area contributed by atoms with Crippen LogP contribution >= 0.6 is 23.2 Å². The summed E-state index contributed by atoms with van der Waals surface area (Å²) in [6.45, 7) is 0. The van der Waals surface area contributed by atoms with Gasteiger partial charge in [-0.25, -0.2) is 9.18 Å². The maximum Gasteiger partial charge on any atom is 0.411 e. The lowest BCUT2D eigenvalue weighted by molar-refractivity contribution is -0.117. The Morgan fingerprint density at radius 1 is 1.02 bits per heavy atom. The molecule has 1 atom stereocenters. The summed E-state index contributed by atoms with van der Waals surface area (Å²) in [6, 6.07) is 19.0. The van der Waals surface area contributed by atoms with E-state index in [-0.39, 0.29) is 17.4 Å². The fourth-order valence-corrected chi connectivity index (χ4v) is 4.66. The van der Waals surface area contributed by atoms with Crippen LogP contribution in [0.5, 0.6) is 0 Å². The number of carbonyl (C=O) groups excluding carboxylic acids is 2. The molecule has 5 aromatic rings. The standard InChI is InChI=1S/C30H23Cl2FN8O3/c1-44-30(43)35-23-10-4-19(5-11-23)24-16-26(37-38-29(24)32)25(14-18-2-8-22(33)9-3-18)36-28(42)13-6-20-15-21(31)7-12-27(20)41-17-34-39-40-41/h2-13,15-17,25H,14H2,1H3,(H,35,43)(H,36,42)/b13-6+/t25-/m0/s1. The van der Waals surface area contributed by atoms with Crippen molar-refractivity contribution in [2.45, 2.75) is 12.5 Å². The van der Waals surface area contributed by atoms with Crippen LogP contribution in [0.15, 0.2) is 85.2 Å². The van der Waals surface area contributed by atoms with Crippen molar-refractivity contribution in [3.05, 3.63) is 118 Å². The van der Waals surface area contributed by atoms with Gasteiger partial charge in [0.05, 0.1) is 24.5 Å². The Labute approximate surface area is 260 Å². The predicted octanol–water partition coefficient (Wildman–Crippen LogP) is 5.86. The van der Waals surface area contributed by atoms with Crippen molar-refractivity contribution in [1.29, 1.82) is 0 Å². The first kappa shape index (κ1) is 30.3. The molecule has 2 heterocycles. The van der Waals surface area contributed by atoms with Crippen molar-refractivity contribution in [1.82, 2.24) is 35.7 Å². The Kier molecular flexibility index (Phi) is 9.52. The lowest BCUT2D eigenvalue weighted by Gasteiger charge is -2.18. The van der Waals surface area contributed by atoms with Crippen molar-refractivity contribution in [2.24, 2.45) is 0 Å². The van der Waals surface area contributed by atoms with E-state index >= 15 is 0 Å². The number of hydrogen-bond donors (Lipinski definition) is 2. The molecule has 0 bridgehead atoms. The number of methoxy groups -OCH3 is 1. The van der Waals surface area contributed by atoms with Crippen LogP contribution in [-0.4, -0.2) is 49.5 Å². The second-order valence-electron chi connectivity index (χ2n) is 9.35. The number of nitrogens with one attached hydrogen (secondary N) is 2. The highest BCUT2D eigenvalue weighted by Crippen LogP contribution is 2.30. The first-order chi connectivity index (χ1) is 21.3. The molecule has 0 radical (unpaired) electrons. The second-order valence-corrected chi connectivity index (χ2v) is 10.1. The first-order valence-corrected chi connectivity index (χ1v) is 13.8. The molecule has 0 unspecified atom stereocenters. The van der Waals surface area contributed by atoms with Gasteiger partial charge in [-0.3, -0.25) is 10.1 Å². The minimum absolute atomic E-state index is 0.144. The minimum atomic E-state index is -0.667. The molecule has 2 N–H and O–H groups in total. The van der Waals surface area contributed by atoms with E-state index in [2.05, 4.69) is 41.1 Å². The maximum atomic E-state index is 13.6. The molecule has 0 aliphatic rings. The number of carbonyl (C=O) groups is 2. The monoisotopic (exact) mass is 632 g/mol. The van der Waals surface area contributed by atoms with Gasteiger partial charge < -0.3 is 10.1 Å². The largest absolute Gasteiger partial charge is 0.453 e. The zero-order chi connectivity index (χ0) is 31.1. The van der Waals surface area contributed by atoms with Crippen LogP contribution in [0.25, 0.3) is 22.9 Å².